The van der Waals surface area contributed by atoms with Crippen molar-refractivity contribution in [2.75, 3.05) is 20.4 Å². The fourth-order valence-corrected chi connectivity index (χ4v) is 4.21. The van der Waals surface area contributed by atoms with E-state index in [1.807, 2.05) is 20.8 Å². The van der Waals surface area contributed by atoms with Gasteiger partial charge >= 0.3 is 12.1 Å². The third-order valence-electron chi connectivity index (χ3n) is 5.55. The number of carbonyl (C=O) groups is 3. The predicted molar refractivity (Wildman–Crippen MR) is 114 cm³/mol. The molecule has 0 spiro atoms. The second kappa shape index (κ2) is 10.8. The number of hydrogen-bond acceptors (Lipinski definition) is 6. The molecule has 30 heavy (non-hydrogen) atoms. The molecule has 0 saturated heterocycles. The minimum absolute atomic E-state index is 0.0270. The van der Waals surface area contributed by atoms with Crippen molar-refractivity contribution in [1.82, 2.24) is 10.2 Å². The highest BCUT2D eigenvalue weighted by molar-refractivity contribution is 6.31. The summed E-state index contributed by atoms with van der Waals surface area (Å²) in [4.78, 5) is 39.4. The average Bonchev–Trinajstić information content (AvgIpc) is 2.72. The van der Waals surface area contributed by atoms with Gasteiger partial charge in [-0.15, -0.1) is 0 Å². The van der Waals surface area contributed by atoms with E-state index in [4.69, 9.17) is 21.1 Å². The molecule has 8 heteroatoms. The number of hydrogen-bond donors (Lipinski definition) is 1. The number of amides is 1. The summed E-state index contributed by atoms with van der Waals surface area (Å²) >= 11 is 6.39. The van der Waals surface area contributed by atoms with Crippen LogP contribution in [0.5, 0.6) is 0 Å². The molecular weight excluding hydrogens is 408 g/mol. The first-order valence-electron chi connectivity index (χ1n) is 10.3. The molecule has 1 aromatic rings. The molecular formula is C22H31ClN2O5. The lowest BCUT2D eigenvalue weighted by molar-refractivity contribution is -0.157. The second-order valence-electron chi connectivity index (χ2n) is 7.80. The Labute approximate surface area is 183 Å². The Morgan fingerprint density at radius 3 is 2.53 bits per heavy atom. The molecule has 1 N–H and O–H groups in total. The molecule has 0 aromatic heterocycles. The zero-order valence-electron chi connectivity index (χ0n) is 18.1. The molecule has 1 aromatic carbocycles. The van der Waals surface area contributed by atoms with Crippen LogP contribution in [0.2, 0.25) is 5.02 Å². The van der Waals surface area contributed by atoms with Gasteiger partial charge in [-0.25, -0.2) is 4.79 Å². The van der Waals surface area contributed by atoms with Crippen molar-refractivity contribution < 1.29 is 23.9 Å². The van der Waals surface area contributed by atoms with Crippen molar-refractivity contribution in [2.24, 2.45) is 5.92 Å². The van der Waals surface area contributed by atoms with E-state index >= 15 is 0 Å². The van der Waals surface area contributed by atoms with Gasteiger partial charge in [0, 0.05) is 24.1 Å². The molecule has 1 saturated carbocycles. The van der Waals surface area contributed by atoms with Crippen LogP contribution in [0.4, 0.5) is 4.79 Å². The van der Waals surface area contributed by atoms with E-state index < -0.39 is 30.4 Å². The highest BCUT2D eigenvalue weighted by Crippen LogP contribution is 2.42. The molecule has 2 rings (SSSR count). The number of nitrogens with one attached hydrogen (secondary N) is 1. The molecule has 0 unspecified atom stereocenters. The van der Waals surface area contributed by atoms with Crippen LogP contribution < -0.4 is 5.32 Å². The molecule has 166 valence electrons. The largest absolute Gasteiger partial charge is 0.427 e. The zero-order valence-corrected chi connectivity index (χ0v) is 18.8. The summed E-state index contributed by atoms with van der Waals surface area (Å²) in [6.45, 7) is 5.78. The van der Waals surface area contributed by atoms with E-state index in [-0.39, 0.29) is 11.7 Å². The zero-order chi connectivity index (χ0) is 22.3. The average molecular weight is 439 g/mol. The Bertz CT molecular complexity index is 770. The lowest BCUT2D eigenvalue weighted by Crippen LogP contribution is -2.54. The first-order chi connectivity index (χ1) is 14.3. The van der Waals surface area contributed by atoms with Gasteiger partial charge in [-0.2, -0.15) is 0 Å². The summed E-state index contributed by atoms with van der Waals surface area (Å²) in [7, 11) is 1.52. The quantitative estimate of drug-likeness (QED) is 0.489. The third-order valence-corrected chi connectivity index (χ3v) is 5.88. The molecule has 2 atom stereocenters. The maximum atomic E-state index is 13.0. The van der Waals surface area contributed by atoms with Crippen LogP contribution in [-0.4, -0.2) is 49.2 Å². The Kier molecular flexibility index (Phi) is 8.67. The molecule has 0 bridgehead atoms. The topological polar surface area (TPSA) is 84.9 Å². The maximum Gasteiger partial charge on any atom is 0.413 e. The van der Waals surface area contributed by atoms with Crippen LogP contribution in [0.15, 0.2) is 24.3 Å². The van der Waals surface area contributed by atoms with Crippen molar-refractivity contribution >= 4 is 29.4 Å². The molecule has 0 heterocycles. The summed E-state index contributed by atoms with van der Waals surface area (Å²) in [5.74, 6) is -0.540. The van der Waals surface area contributed by atoms with E-state index in [0.29, 0.717) is 30.0 Å². The lowest BCUT2D eigenvalue weighted by Gasteiger charge is -2.43. The molecule has 0 aliphatic heterocycles. The van der Waals surface area contributed by atoms with Gasteiger partial charge in [0.05, 0.1) is 0 Å². The van der Waals surface area contributed by atoms with Crippen LogP contribution in [0, 0.1) is 5.92 Å². The first-order valence-corrected chi connectivity index (χ1v) is 10.7. The van der Waals surface area contributed by atoms with E-state index in [1.54, 1.807) is 24.3 Å². The van der Waals surface area contributed by atoms with Gasteiger partial charge in [0.2, 0.25) is 6.79 Å². The SMILES string of the molecule is CCN[C@H](C(=O)OCOC(=O)N(C)[C@]1(c2ccccc2Cl)CCCCC1=O)C(C)C. The van der Waals surface area contributed by atoms with Crippen LogP contribution in [-0.2, 0) is 24.6 Å². The number of ether oxygens (including phenoxy) is 2. The molecule has 1 aliphatic rings. The van der Waals surface area contributed by atoms with Crippen molar-refractivity contribution in [3.63, 3.8) is 0 Å². The molecule has 0 radical (unpaired) electrons. The van der Waals surface area contributed by atoms with E-state index in [1.165, 1.54) is 11.9 Å². The third kappa shape index (κ3) is 5.13. The van der Waals surface area contributed by atoms with E-state index in [2.05, 4.69) is 5.32 Å². The van der Waals surface area contributed by atoms with Crippen molar-refractivity contribution in [3.8, 4) is 0 Å². The monoisotopic (exact) mass is 438 g/mol. The fourth-order valence-electron chi connectivity index (χ4n) is 3.92. The Morgan fingerprint density at radius 1 is 1.23 bits per heavy atom. The van der Waals surface area contributed by atoms with Crippen molar-refractivity contribution in [3.05, 3.63) is 34.9 Å². The van der Waals surface area contributed by atoms with E-state index in [0.717, 1.165) is 12.8 Å². The van der Waals surface area contributed by atoms with Gasteiger partial charge in [0.1, 0.15) is 11.6 Å². The molecule has 7 nitrogen and oxygen atoms in total. The number of Topliss-reactive ketones (excluding diaryl/α,β-unsaturated/α-hetero) is 1. The number of benzene rings is 1. The van der Waals surface area contributed by atoms with Gasteiger partial charge in [-0.3, -0.25) is 14.5 Å². The number of esters is 1. The van der Waals surface area contributed by atoms with Gasteiger partial charge in [0.25, 0.3) is 0 Å². The number of nitrogens with zero attached hydrogens (tertiary/aromatic N) is 1. The Balaban J connectivity index is 2.13. The lowest BCUT2D eigenvalue weighted by atomic mass is 9.74. The van der Waals surface area contributed by atoms with Crippen LogP contribution >= 0.6 is 11.6 Å². The summed E-state index contributed by atoms with van der Waals surface area (Å²) < 4.78 is 10.3. The van der Waals surface area contributed by atoms with Crippen LogP contribution in [0.3, 0.4) is 0 Å². The van der Waals surface area contributed by atoms with Crippen LogP contribution in [0.1, 0.15) is 52.0 Å². The standard InChI is InChI=1S/C22H31ClN2O5/c1-5-24-19(15(2)3)20(27)29-14-30-21(28)25(4)22(13-9-8-12-18(22)26)16-10-6-7-11-17(16)23/h6-7,10-11,15,19,24H,5,8-9,12-14H2,1-4H3/t19-,22-/m0/s1. The van der Waals surface area contributed by atoms with Gasteiger partial charge in [0.15, 0.2) is 5.78 Å². The summed E-state index contributed by atoms with van der Waals surface area (Å²) in [5.41, 5.74) is -0.609. The number of carbonyl (C=O) groups excluding carboxylic acids is 3. The smallest absolute Gasteiger partial charge is 0.413 e. The van der Waals surface area contributed by atoms with Gasteiger partial charge < -0.3 is 14.8 Å². The van der Waals surface area contributed by atoms with Gasteiger partial charge in [-0.1, -0.05) is 50.6 Å². The summed E-state index contributed by atoms with van der Waals surface area (Å²) in [6.07, 6.45) is 1.62. The highest BCUT2D eigenvalue weighted by atomic mass is 35.5. The number of likely N-dealkylation sites (N-methyl/N-ethyl adjacent to an activating group) is 2. The molecule has 1 aliphatic carbocycles. The highest BCUT2D eigenvalue weighted by Gasteiger charge is 2.48. The number of halogens is 1. The molecule has 1 fully saturated rings. The molecule has 1 amide bonds. The van der Waals surface area contributed by atoms with Crippen molar-refractivity contribution in [1.29, 1.82) is 0 Å². The Hall–Kier alpha value is -2.12. The van der Waals surface area contributed by atoms with E-state index in [9.17, 15) is 14.4 Å². The second-order valence-corrected chi connectivity index (χ2v) is 8.21. The minimum Gasteiger partial charge on any atom is -0.427 e. The minimum atomic E-state index is -1.19. The number of ketones is 1. The summed E-state index contributed by atoms with van der Waals surface area (Å²) in [6, 6.07) is 6.55. The van der Waals surface area contributed by atoms with Crippen LogP contribution in [0.25, 0.3) is 0 Å². The summed E-state index contributed by atoms with van der Waals surface area (Å²) in [5, 5.41) is 3.47. The predicted octanol–water partition coefficient (Wildman–Crippen LogP) is 3.88. The normalized spacial score (nSPS) is 20.0. The maximum absolute atomic E-state index is 13.0. The first kappa shape index (κ1) is 24.2. The number of rotatable bonds is 8. The van der Waals surface area contributed by atoms with Crippen molar-refractivity contribution in [2.45, 2.75) is 58.0 Å². The fraction of sp³-hybridized carbons (Fsp3) is 0.591. The Morgan fingerprint density at radius 2 is 1.93 bits per heavy atom. The van der Waals surface area contributed by atoms with Gasteiger partial charge in [-0.05, 0) is 37.8 Å².